The van der Waals surface area contributed by atoms with Crippen molar-refractivity contribution >= 4 is 29.2 Å². The molecule has 0 bridgehead atoms. The van der Waals surface area contributed by atoms with Crippen molar-refractivity contribution in [2.75, 3.05) is 19.1 Å². The monoisotopic (exact) mass is 358 g/mol. The molecule has 1 amide bonds. The van der Waals surface area contributed by atoms with E-state index in [1.54, 1.807) is 30.1 Å². The Hall–Kier alpha value is -2.60. The van der Waals surface area contributed by atoms with E-state index in [1.807, 2.05) is 0 Å². The van der Waals surface area contributed by atoms with Crippen molar-refractivity contribution in [3.8, 4) is 16.9 Å². The lowest BCUT2D eigenvalue weighted by molar-refractivity contribution is -0.119. The molecule has 7 heteroatoms. The quantitative estimate of drug-likeness (QED) is 0.853. The number of aromatic carboxylic acids is 1. The Morgan fingerprint density at radius 1 is 1.32 bits per heavy atom. The summed E-state index contributed by atoms with van der Waals surface area (Å²) in [7, 11) is 3.17. The minimum Gasteiger partial charge on any atom is -0.494 e. The zero-order chi connectivity index (χ0) is 17.9. The molecule has 1 spiro atoms. The van der Waals surface area contributed by atoms with Crippen LogP contribution in [0.4, 0.5) is 5.69 Å². The van der Waals surface area contributed by atoms with E-state index >= 15 is 0 Å². The molecule has 4 rings (SSSR count). The zero-order valence-corrected chi connectivity index (χ0v) is 14.4. The maximum absolute atomic E-state index is 12.6. The number of hydrogen-bond donors (Lipinski definition) is 1. The molecular formula is C18H15ClN2O4. The van der Waals surface area contributed by atoms with Gasteiger partial charge in [-0.25, -0.2) is 9.78 Å². The number of anilines is 1. The highest BCUT2D eigenvalue weighted by Gasteiger charge is 2.58. The van der Waals surface area contributed by atoms with Gasteiger partial charge in [0.15, 0.2) is 0 Å². The highest BCUT2D eigenvalue weighted by molar-refractivity contribution is 6.29. The molecule has 1 aliphatic carbocycles. The number of nitrogens with zero attached hydrogens (tertiary/aromatic N) is 2. The number of aromatic nitrogens is 1. The molecular weight excluding hydrogens is 344 g/mol. The van der Waals surface area contributed by atoms with Gasteiger partial charge in [-0.3, -0.25) is 4.79 Å². The highest BCUT2D eigenvalue weighted by Crippen LogP contribution is 2.58. The van der Waals surface area contributed by atoms with Crippen molar-refractivity contribution in [1.29, 1.82) is 0 Å². The average Bonchev–Trinajstić information content (AvgIpc) is 3.37. The van der Waals surface area contributed by atoms with Gasteiger partial charge in [-0.05, 0) is 36.6 Å². The number of fused-ring (bicyclic) bond motifs is 2. The summed E-state index contributed by atoms with van der Waals surface area (Å²) in [4.78, 5) is 30.0. The first-order chi connectivity index (χ1) is 11.9. The Morgan fingerprint density at radius 3 is 2.64 bits per heavy atom. The Bertz CT molecular complexity index is 937. The van der Waals surface area contributed by atoms with Crippen LogP contribution in [0.15, 0.2) is 24.4 Å². The molecule has 1 saturated carbocycles. The number of halogens is 1. The lowest BCUT2D eigenvalue weighted by Crippen LogP contribution is -2.27. The van der Waals surface area contributed by atoms with Gasteiger partial charge in [0.05, 0.1) is 24.3 Å². The predicted octanol–water partition coefficient (Wildman–Crippen LogP) is 3.12. The molecule has 128 valence electrons. The molecule has 1 aromatic carbocycles. The molecule has 0 unspecified atom stereocenters. The van der Waals surface area contributed by atoms with E-state index in [2.05, 4.69) is 4.98 Å². The van der Waals surface area contributed by atoms with Gasteiger partial charge in [0, 0.05) is 23.9 Å². The van der Waals surface area contributed by atoms with Crippen LogP contribution < -0.4 is 9.64 Å². The first kappa shape index (κ1) is 15.9. The lowest BCUT2D eigenvalue weighted by Gasteiger charge is -2.15. The van der Waals surface area contributed by atoms with Crippen molar-refractivity contribution in [2.45, 2.75) is 18.3 Å². The number of ether oxygens (including phenoxy) is 1. The number of carboxylic acids is 1. The largest absolute Gasteiger partial charge is 0.494 e. The van der Waals surface area contributed by atoms with E-state index in [4.69, 9.17) is 16.3 Å². The number of carbonyl (C=O) groups is 2. The summed E-state index contributed by atoms with van der Waals surface area (Å²) in [5.41, 5.74) is 2.14. The third kappa shape index (κ3) is 2.14. The number of benzene rings is 1. The number of carboxylic acid groups (broad SMARTS) is 1. The van der Waals surface area contributed by atoms with Crippen LogP contribution in [0.25, 0.3) is 11.1 Å². The van der Waals surface area contributed by atoms with Crippen LogP contribution in [0.5, 0.6) is 5.75 Å². The van der Waals surface area contributed by atoms with Crippen LogP contribution in [-0.2, 0) is 10.2 Å². The highest BCUT2D eigenvalue weighted by atomic mass is 35.5. The standard InChI is InChI=1S/C18H15ClN2O4/c1-21-13-6-11(16(22)23)9(5-12(13)18(3-4-18)17(21)24)10-7-15(19)20-8-14(10)25-2/h5-8H,3-4H2,1-2H3,(H,22,23). The molecule has 1 N–H and O–H groups in total. The molecule has 0 atom stereocenters. The fourth-order valence-corrected chi connectivity index (χ4v) is 3.75. The molecule has 1 fully saturated rings. The fraction of sp³-hybridized carbons (Fsp3) is 0.278. The van der Waals surface area contributed by atoms with Gasteiger partial charge in [-0.2, -0.15) is 0 Å². The number of hydrogen-bond acceptors (Lipinski definition) is 4. The zero-order valence-electron chi connectivity index (χ0n) is 13.7. The van der Waals surface area contributed by atoms with Gasteiger partial charge in [0.2, 0.25) is 5.91 Å². The van der Waals surface area contributed by atoms with Gasteiger partial charge < -0.3 is 14.7 Å². The molecule has 2 heterocycles. The third-order valence-electron chi connectivity index (χ3n) is 5.05. The summed E-state index contributed by atoms with van der Waals surface area (Å²) in [6.07, 6.45) is 3.02. The van der Waals surface area contributed by atoms with Gasteiger partial charge >= 0.3 is 5.97 Å². The molecule has 0 saturated heterocycles. The second-order valence-corrected chi connectivity index (χ2v) is 6.76. The van der Waals surface area contributed by atoms with Crippen molar-refractivity contribution in [1.82, 2.24) is 4.98 Å². The molecule has 25 heavy (non-hydrogen) atoms. The Balaban J connectivity index is 2.02. The number of amides is 1. The maximum Gasteiger partial charge on any atom is 0.336 e. The van der Waals surface area contributed by atoms with Crippen LogP contribution in [-0.4, -0.2) is 36.1 Å². The number of likely N-dealkylation sites (N-methyl/N-ethyl adjacent to an activating group) is 1. The maximum atomic E-state index is 12.6. The lowest BCUT2D eigenvalue weighted by atomic mass is 9.90. The molecule has 2 aliphatic rings. The van der Waals surface area contributed by atoms with Crippen molar-refractivity contribution in [2.24, 2.45) is 0 Å². The van der Waals surface area contributed by atoms with Crippen molar-refractivity contribution < 1.29 is 19.4 Å². The Kier molecular flexibility index (Phi) is 3.30. The average molecular weight is 359 g/mol. The van der Waals surface area contributed by atoms with E-state index in [-0.39, 0.29) is 16.6 Å². The van der Waals surface area contributed by atoms with Gasteiger partial charge in [0.1, 0.15) is 10.9 Å². The number of methoxy groups -OCH3 is 1. The molecule has 2 aromatic rings. The van der Waals surface area contributed by atoms with E-state index < -0.39 is 11.4 Å². The first-order valence-electron chi connectivity index (χ1n) is 7.79. The second kappa shape index (κ2) is 5.20. The Morgan fingerprint density at radius 2 is 2.04 bits per heavy atom. The normalized spacial score (nSPS) is 16.9. The molecule has 1 aliphatic heterocycles. The van der Waals surface area contributed by atoms with Crippen molar-refractivity contribution in [3.63, 3.8) is 0 Å². The van der Waals surface area contributed by atoms with E-state index in [0.29, 0.717) is 22.6 Å². The van der Waals surface area contributed by atoms with Gasteiger partial charge in [0.25, 0.3) is 0 Å². The molecule has 0 radical (unpaired) electrons. The van der Waals surface area contributed by atoms with E-state index in [1.165, 1.54) is 13.3 Å². The summed E-state index contributed by atoms with van der Waals surface area (Å²) >= 11 is 6.01. The first-order valence-corrected chi connectivity index (χ1v) is 8.17. The smallest absolute Gasteiger partial charge is 0.336 e. The number of carbonyl (C=O) groups excluding carboxylic acids is 1. The third-order valence-corrected chi connectivity index (χ3v) is 5.26. The van der Waals surface area contributed by atoms with Gasteiger partial charge in [-0.1, -0.05) is 11.6 Å². The topological polar surface area (TPSA) is 79.7 Å². The summed E-state index contributed by atoms with van der Waals surface area (Å²) in [5, 5.41) is 9.93. The Labute approximate surface area is 149 Å². The van der Waals surface area contributed by atoms with E-state index in [0.717, 1.165) is 18.4 Å². The van der Waals surface area contributed by atoms with Crippen LogP contribution in [0.1, 0.15) is 28.8 Å². The van der Waals surface area contributed by atoms with Crippen LogP contribution in [0.2, 0.25) is 5.15 Å². The fourth-order valence-electron chi connectivity index (χ4n) is 3.59. The molecule has 6 nitrogen and oxygen atoms in total. The summed E-state index contributed by atoms with van der Waals surface area (Å²) in [6, 6.07) is 4.93. The second-order valence-electron chi connectivity index (χ2n) is 6.37. The van der Waals surface area contributed by atoms with Gasteiger partial charge in [-0.15, -0.1) is 0 Å². The summed E-state index contributed by atoms with van der Waals surface area (Å²) in [5.74, 6) is -0.629. The van der Waals surface area contributed by atoms with Crippen LogP contribution in [0, 0.1) is 0 Å². The van der Waals surface area contributed by atoms with E-state index in [9.17, 15) is 14.7 Å². The van der Waals surface area contributed by atoms with Crippen molar-refractivity contribution in [3.05, 3.63) is 40.7 Å². The van der Waals surface area contributed by atoms with Crippen LogP contribution >= 0.6 is 11.6 Å². The minimum absolute atomic E-state index is 0.0238. The SMILES string of the molecule is COc1cnc(Cl)cc1-c1cc2c(cc1C(=O)O)N(C)C(=O)C21CC1. The summed E-state index contributed by atoms with van der Waals surface area (Å²) in [6.45, 7) is 0. The summed E-state index contributed by atoms with van der Waals surface area (Å²) < 4.78 is 5.33. The number of rotatable bonds is 3. The number of pyridine rings is 1. The van der Waals surface area contributed by atoms with Crippen LogP contribution in [0.3, 0.4) is 0 Å². The molecule has 1 aromatic heterocycles. The predicted molar refractivity (Wildman–Crippen MR) is 92.5 cm³/mol. The minimum atomic E-state index is -1.08.